The number of fused-ring (bicyclic) bond motifs is 1. The molecule has 0 aromatic carbocycles. The molecule has 2 aromatic heterocycles. The van der Waals surface area contributed by atoms with Gasteiger partial charge in [0, 0.05) is 28.4 Å². The van der Waals surface area contributed by atoms with Crippen LogP contribution in [0.4, 0.5) is 0 Å². The third-order valence-corrected chi connectivity index (χ3v) is 6.60. The minimum absolute atomic E-state index is 0.205. The van der Waals surface area contributed by atoms with Crippen molar-refractivity contribution in [1.82, 2.24) is 4.57 Å². The summed E-state index contributed by atoms with van der Waals surface area (Å²) in [6.07, 6.45) is 6.45. The van der Waals surface area contributed by atoms with E-state index < -0.39 is 0 Å². The Balaban J connectivity index is 2.08. The van der Waals surface area contributed by atoms with Crippen LogP contribution in [0.25, 0.3) is 6.08 Å². The number of carbonyl (C=O) groups is 1. The number of allylic oxidation sites excluding steroid dienone is 1. The summed E-state index contributed by atoms with van der Waals surface area (Å²) < 4.78 is 2.42. The standard InChI is InChI=1S/C23H31NOS/c1-7-11-24-16(3)21(19-14-23(5,6)10-8-20(19)24)22(25)15(2)13-18-9-12-26-17(18)4/h9,12-13H,7-8,10-11,14H2,1-6H3/b15-13+. The van der Waals surface area contributed by atoms with E-state index in [1.807, 2.05) is 6.92 Å². The van der Waals surface area contributed by atoms with Crippen LogP contribution in [0.2, 0.25) is 0 Å². The minimum Gasteiger partial charge on any atom is -0.348 e. The molecule has 3 rings (SSSR count). The van der Waals surface area contributed by atoms with Gasteiger partial charge in [0.2, 0.25) is 0 Å². The Morgan fingerprint density at radius 1 is 1.35 bits per heavy atom. The van der Waals surface area contributed by atoms with Gasteiger partial charge >= 0.3 is 0 Å². The van der Waals surface area contributed by atoms with Crippen LogP contribution in [-0.4, -0.2) is 10.4 Å². The molecular weight excluding hydrogens is 338 g/mol. The average Bonchev–Trinajstić information content (AvgIpc) is 3.08. The highest BCUT2D eigenvalue weighted by Crippen LogP contribution is 2.39. The van der Waals surface area contributed by atoms with Gasteiger partial charge in [-0.05, 0) is 86.1 Å². The van der Waals surface area contributed by atoms with E-state index in [4.69, 9.17) is 0 Å². The van der Waals surface area contributed by atoms with Gasteiger partial charge in [0.15, 0.2) is 5.78 Å². The molecule has 2 heterocycles. The summed E-state index contributed by atoms with van der Waals surface area (Å²) in [6.45, 7) is 14.1. The number of aryl methyl sites for hydroxylation is 1. The maximum Gasteiger partial charge on any atom is 0.190 e. The topological polar surface area (TPSA) is 22.0 Å². The summed E-state index contributed by atoms with van der Waals surface area (Å²) in [4.78, 5) is 14.7. The van der Waals surface area contributed by atoms with E-state index in [1.54, 1.807) is 11.3 Å². The van der Waals surface area contributed by atoms with Crippen LogP contribution in [0.15, 0.2) is 17.0 Å². The smallest absolute Gasteiger partial charge is 0.190 e. The van der Waals surface area contributed by atoms with Crippen LogP contribution < -0.4 is 0 Å². The number of hydrogen-bond donors (Lipinski definition) is 0. The molecule has 26 heavy (non-hydrogen) atoms. The maximum absolute atomic E-state index is 13.4. The molecule has 0 N–H and O–H groups in total. The van der Waals surface area contributed by atoms with Gasteiger partial charge in [0.1, 0.15) is 0 Å². The fourth-order valence-corrected chi connectivity index (χ4v) is 4.91. The number of nitrogens with zero attached hydrogens (tertiary/aromatic N) is 1. The van der Waals surface area contributed by atoms with Crippen molar-refractivity contribution in [2.45, 2.75) is 73.8 Å². The predicted octanol–water partition coefficient (Wildman–Crippen LogP) is 6.38. The van der Waals surface area contributed by atoms with E-state index >= 15 is 0 Å². The monoisotopic (exact) mass is 369 g/mol. The normalized spacial score (nSPS) is 16.6. The lowest BCUT2D eigenvalue weighted by Gasteiger charge is -2.31. The Labute approximate surface area is 161 Å². The first-order valence-electron chi connectivity index (χ1n) is 9.73. The number of aromatic nitrogens is 1. The SMILES string of the molecule is CCCn1c(C)c(C(=O)/C(C)=C/c2ccsc2C)c2c1CCC(C)(C)C2. The molecular formula is C23H31NOS. The molecule has 0 unspecified atom stereocenters. The Morgan fingerprint density at radius 3 is 2.69 bits per heavy atom. The van der Waals surface area contributed by atoms with Crippen LogP contribution in [0, 0.1) is 19.3 Å². The van der Waals surface area contributed by atoms with Gasteiger partial charge in [-0.3, -0.25) is 4.79 Å². The third kappa shape index (κ3) is 3.46. The van der Waals surface area contributed by atoms with Gasteiger partial charge in [0.05, 0.1) is 0 Å². The summed E-state index contributed by atoms with van der Waals surface area (Å²) >= 11 is 1.73. The first-order valence-corrected chi connectivity index (χ1v) is 10.6. The second-order valence-electron chi connectivity index (χ2n) is 8.47. The number of thiophene rings is 1. The largest absolute Gasteiger partial charge is 0.348 e. The van der Waals surface area contributed by atoms with Crippen molar-refractivity contribution in [3.8, 4) is 0 Å². The van der Waals surface area contributed by atoms with Crippen LogP contribution in [-0.2, 0) is 19.4 Å². The molecule has 2 nitrogen and oxygen atoms in total. The van der Waals surface area contributed by atoms with Gasteiger partial charge in [-0.2, -0.15) is 0 Å². The molecule has 0 amide bonds. The number of ketones is 1. The summed E-state index contributed by atoms with van der Waals surface area (Å²) in [5.74, 6) is 0.205. The highest BCUT2D eigenvalue weighted by molar-refractivity contribution is 7.10. The maximum atomic E-state index is 13.4. The second kappa shape index (κ2) is 7.19. The number of rotatable bonds is 5. The van der Waals surface area contributed by atoms with Crippen LogP contribution in [0.5, 0.6) is 0 Å². The minimum atomic E-state index is 0.205. The zero-order chi connectivity index (χ0) is 19.1. The predicted molar refractivity (Wildman–Crippen MR) is 112 cm³/mol. The first kappa shape index (κ1) is 19.2. The van der Waals surface area contributed by atoms with Crippen LogP contribution >= 0.6 is 11.3 Å². The summed E-state index contributed by atoms with van der Waals surface area (Å²) in [6, 6.07) is 2.10. The van der Waals surface area contributed by atoms with Crippen molar-refractivity contribution >= 4 is 23.2 Å². The van der Waals surface area contributed by atoms with Crippen LogP contribution in [0.1, 0.15) is 78.3 Å². The van der Waals surface area contributed by atoms with E-state index in [2.05, 4.69) is 56.7 Å². The Morgan fingerprint density at radius 2 is 2.08 bits per heavy atom. The molecule has 1 aliphatic carbocycles. The number of carbonyl (C=O) groups excluding carboxylic acids is 1. The van der Waals surface area contributed by atoms with Crippen molar-refractivity contribution in [3.63, 3.8) is 0 Å². The highest BCUT2D eigenvalue weighted by atomic mass is 32.1. The molecule has 0 fully saturated rings. The van der Waals surface area contributed by atoms with Gasteiger partial charge < -0.3 is 4.57 Å². The number of Topliss-reactive ketones (excluding diaryl/α,β-unsaturated/α-hetero) is 1. The van der Waals surface area contributed by atoms with E-state index in [-0.39, 0.29) is 11.2 Å². The third-order valence-electron chi connectivity index (χ3n) is 5.74. The molecule has 3 heteroatoms. The Hall–Kier alpha value is -1.61. The van der Waals surface area contributed by atoms with E-state index in [9.17, 15) is 4.79 Å². The van der Waals surface area contributed by atoms with Gasteiger partial charge in [-0.1, -0.05) is 20.8 Å². The van der Waals surface area contributed by atoms with E-state index in [0.29, 0.717) is 0 Å². The van der Waals surface area contributed by atoms with E-state index in [0.717, 1.165) is 42.6 Å². The summed E-state index contributed by atoms with van der Waals surface area (Å²) in [5.41, 5.74) is 7.14. The quantitative estimate of drug-likeness (QED) is 0.443. The van der Waals surface area contributed by atoms with Crippen molar-refractivity contribution < 1.29 is 4.79 Å². The summed E-state index contributed by atoms with van der Waals surface area (Å²) in [7, 11) is 0. The molecule has 0 aliphatic heterocycles. The molecule has 0 saturated carbocycles. The molecule has 140 valence electrons. The van der Waals surface area contributed by atoms with Crippen molar-refractivity contribution in [3.05, 3.63) is 50.0 Å². The Bertz CT molecular complexity index is 863. The molecule has 0 bridgehead atoms. The van der Waals surface area contributed by atoms with Crippen LogP contribution in [0.3, 0.4) is 0 Å². The summed E-state index contributed by atoms with van der Waals surface area (Å²) in [5, 5.41) is 2.09. The molecule has 2 aromatic rings. The zero-order valence-electron chi connectivity index (χ0n) is 17.0. The lowest BCUT2D eigenvalue weighted by Crippen LogP contribution is -2.24. The zero-order valence-corrected chi connectivity index (χ0v) is 17.8. The van der Waals surface area contributed by atoms with Crippen molar-refractivity contribution in [2.75, 3.05) is 0 Å². The molecule has 0 atom stereocenters. The fraction of sp³-hybridized carbons (Fsp3) is 0.522. The van der Waals surface area contributed by atoms with Gasteiger partial charge in [-0.25, -0.2) is 0 Å². The lowest BCUT2D eigenvalue weighted by atomic mass is 9.75. The molecule has 0 radical (unpaired) electrons. The number of hydrogen-bond acceptors (Lipinski definition) is 2. The lowest BCUT2D eigenvalue weighted by molar-refractivity contribution is 0.103. The Kier molecular flexibility index (Phi) is 5.30. The van der Waals surface area contributed by atoms with Crippen molar-refractivity contribution in [1.29, 1.82) is 0 Å². The fourth-order valence-electron chi connectivity index (χ4n) is 4.23. The first-order chi connectivity index (χ1) is 12.2. The van der Waals surface area contributed by atoms with Gasteiger partial charge in [0.25, 0.3) is 0 Å². The van der Waals surface area contributed by atoms with E-state index in [1.165, 1.54) is 28.1 Å². The average molecular weight is 370 g/mol. The van der Waals surface area contributed by atoms with Gasteiger partial charge in [-0.15, -0.1) is 11.3 Å². The van der Waals surface area contributed by atoms with Crippen molar-refractivity contribution in [2.24, 2.45) is 5.41 Å². The second-order valence-corrected chi connectivity index (χ2v) is 9.59. The molecule has 1 aliphatic rings. The molecule has 0 saturated heterocycles. The highest BCUT2D eigenvalue weighted by Gasteiger charge is 2.33. The molecule has 0 spiro atoms.